The Hall–Kier alpha value is -5.65. The highest BCUT2D eigenvalue weighted by Gasteiger charge is 2.29. The second-order valence-electron chi connectivity index (χ2n) is 13.2. The Morgan fingerprint density at radius 3 is 2.18 bits per heavy atom. The highest BCUT2D eigenvalue weighted by molar-refractivity contribution is 5.92. The smallest absolute Gasteiger partial charge is 0.407 e. The van der Waals surface area contributed by atoms with Gasteiger partial charge in [-0.1, -0.05) is 61.0 Å². The number of nitrogens with one attached hydrogen (secondary N) is 2. The molecule has 2 heterocycles. The Morgan fingerprint density at radius 2 is 1.49 bits per heavy atom. The summed E-state index contributed by atoms with van der Waals surface area (Å²) in [4.78, 5) is 65.3. The molecule has 12 nitrogen and oxygen atoms in total. The fourth-order valence-corrected chi connectivity index (χ4v) is 5.90. The molecule has 0 bridgehead atoms. The van der Waals surface area contributed by atoms with E-state index in [0.29, 0.717) is 37.3 Å². The summed E-state index contributed by atoms with van der Waals surface area (Å²) in [5, 5.41) is 5.58. The largest absolute Gasteiger partial charge is 0.459 e. The molecule has 4 aromatic rings. The third-order valence-electron chi connectivity index (χ3n) is 8.22. The Morgan fingerprint density at radius 1 is 0.784 bits per heavy atom. The molecule has 12 heteroatoms. The minimum absolute atomic E-state index is 0.0703. The minimum Gasteiger partial charge on any atom is -0.459 e. The van der Waals surface area contributed by atoms with Gasteiger partial charge in [0.25, 0.3) is 5.91 Å². The van der Waals surface area contributed by atoms with Crippen molar-refractivity contribution >= 4 is 23.9 Å². The van der Waals surface area contributed by atoms with E-state index in [4.69, 9.17) is 9.47 Å². The molecule has 0 saturated carbocycles. The van der Waals surface area contributed by atoms with Crippen molar-refractivity contribution in [2.75, 3.05) is 32.8 Å². The number of alkyl carbamates (subject to hydrolysis) is 1. The van der Waals surface area contributed by atoms with Crippen molar-refractivity contribution in [1.29, 1.82) is 0 Å². The molecule has 266 valence electrons. The van der Waals surface area contributed by atoms with Gasteiger partial charge in [0, 0.05) is 44.4 Å². The fraction of sp³-hybridized carbons (Fsp3) is 0.359. The van der Waals surface area contributed by atoms with Crippen molar-refractivity contribution < 1.29 is 28.7 Å². The molecule has 0 radical (unpaired) electrons. The number of pyridine rings is 1. The van der Waals surface area contributed by atoms with Crippen LogP contribution in [-0.2, 0) is 19.1 Å². The lowest BCUT2D eigenvalue weighted by Crippen LogP contribution is -2.43. The first kappa shape index (κ1) is 36.6. The van der Waals surface area contributed by atoms with Crippen LogP contribution in [0.4, 0.5) is 4.79 Å². The molecular weight excluding hydrogens is 648 g/mol. The molecule has 0 fully saturated rings. The lowest BCUT2D eigenvalue weighted by atomic mass is 9.98. The lowest BCUT2D eigenvalue weighted by Gasteiger charge is -2.25. The van der Waals surface area contributed by atoms with Gasteiger partial charge >= 0.3 is 12.1 Å². The van der Waals surface area contributed by atoms with E-state index in [1.807, 2.05) is 30.3 Å². The first-order chi connectivity index (χ1) is 24.6. The average Bonchev–Trinajstić information content (AvgIpc) is 3.44. The van der Waals surface area contributed by atoms with Crippen LogP contribution in [0.2, 0.25) is 0 Å². The van der Waals surface area contributed by atoms with Crippen molar-refractivity contribution in [1.82, 2.24) is 30.5 Å². The SMILES string of the molecule is CC(C)(C)OC(=O)CN(CCNC(=O)OCC1c2ccccc2-c2ccccc21)C(=O)CCCCCNC(=O)c1ccnc(-c2ccccn2)n1. The Bertz CT molecular complexity index is 1780. The van der Waals surface area contributed by atoms with Gasteiger partial charge in [-0.25, -0.2) is 14.8 Å². The summed E-state index contributed by atoms with van der Waals surface area (Å²) in [5.74, 6) is -0.791. The number of aromatic nitrogens is 3. The van der Waals surface area contributed by atoms with Gasteiger partial charge in [0.1, 0.15) is 30.1 Å². The average molecular weight is 693 g/mol. The summed E-state index contributed by atoms with van der Waals surface area (Å²) in [6.07, 6.45) is 4.63. The standard InChI is InChI=1S/C39H44N6O6/c1-39(2,3)51-35(47)25-45(24-23-43-38(49)50-26-31-29-15-8-6-13-27(29)28-14-7-9-16-30(28)31)34(46)18-5-4-11-21-42-37(48)33-19-22-41-36(44-33)32-17-10-12-20-40-32/h6-10,12-17,19-20,22,31H,4-5,11,18,21,23-26H2,1-3H3,(H,42,48)(H,43,49). The van der Waals surface area contributed by atoms with Crippen molar-refractivity contribution in [3.8, 4) is 22.6 Å². The number of hydrogen-bond donors (Lipinski definition) is 2. The summed E-state index contributed by atoms with van der Waals surface area (Å²) in [7, 11) is 0. The highest BCUT2D eigenvalue weighted by Crippen LogP contribution is 2.44. The number of hydrogen-bond acceptors (Lipinski definition) is 9. The molecule has 1 aliphatic carbocycles. The van der Waals surface area contributed by atoms with E-state index < -0.39 is 17.7 Å². The van der Waals surface area contributed by atoms with Gasteiger partial charge in [-0.2, -0.15) is 0 Å². The third-order valence-corrected chi connectivity index (χ3v) is 8.22. The van der Waals surface area contributed by atoms with E-state index in [-0.39, 0.29) is 56.1 Å². The molecule has 0 atom stereocenters. The van der Waals surface area contributed by atoms with Gasteiger partial charge in [0.05, 0.1) is 0 Å². The van der Waals surface area contributed by atoms with E-state index in [0.717, 1.165) is 22.3 Å². The predicted octanol–water partition coefficient (Wildman–Crippen LogP) is 5.54. The normalized spacial score (nSPS) is 12.0. The Kier molecular flexibility index (Phi) is 12.4. The van der Waals surface area contributed by atoms with Crippen LogP contribution < -0.4 is 10.6 Å². The second-order valence-corrected chi connectivity index (χ2v) is 13.2. The van der Waals surface area contributed by atoms with E-state index in [1.54, 1.807) is 45.2 Å². The first-order valence-corrected chi connectivity index (χ1v) is 17.2. The van der Waals surface area contributed by atoms with Gasteiger partial charge in [0.2, 0.25) is 5.91 Å². The molecular formula is C39H44N6O6. The first-order valence-electron chi connectivity index (χ1n) is 17.2. The molecule has 0 unspecified atom stereocenters. The summed E-state index contributed by atoms with van der Waals surface area (Å²) < 4.78 is 11.1. The van der Waals surface area contributed by atoms with E-state index >= 15 is 0 Å². The van der Waals surface area contributed by atoms with Crippen molar-refractivity contribution in [2.24, 2.45) is 0 Å². The predicted molar refractivity (Wildman–Crippen MR) is 192 cm³/mol. The number of amides is 3. The third kappa shape index (κ3) is 10.4. The number of rotatable bonds is 15. The number of carbonyl (C=O) groups is 4. The van der Waals surface area contributed by atoms with Crippen LogP contribution in [0, 0.1) is 0 Å². The number of benzene rings is 2. The van der Waals surface area contributed by atoms with E-state index in [9.17, 15) is 19.2 Å². The molecule has 2 aromatic carbocycles. The van der Waals surface area contributed by atoms with Gasteiger partial charge < -0.3 is 25.0 Å². The van der Waals surface area contributed by atoms with Crippen LogP contribution in [0.5, 0.6) is 0 Å². The number of esters is 1. The topological polar surface area (TPSA) is 153 Å². The molecule has 0 spiro atoms. The molecule has 3 amide bonds. The molecule has 2 N–H and O–H groups in total. The van der Waals surface area contributed by atoms with Crippen LogP contribution in [0.3, 0.4) is 0 Å². The monoisotopic (exact) mass is 692 g/mol. The number of nitrogens with zero attached hydrogens (tertiary/aromatic N) is 4. The molecule has 2 aromatic heterocycles. The van der Waals surface area contributed by atoms with E-state index in [2.05, 4.69) is 49.9 Å². The second kappa shape index (κ2) is 17.3. The molecule has 5 rings (SSSR count). The minimum atomic E-state index is -0.707. The van der Waals surface area contributed by atoms with Gasteiger partial charge in [0.15, 0.2) is 5.82 Å². The van der Waals surface area contributed by atoms with Crippen LogP contribution >= 0.6 is 0 Å². The van der Waals surface area contributed by atoms with Gasteiger partial charge in [-0.15, -0.1) is 0 Å². The highest BCUT2D eigenvalue weighted by atomic mass is 16.6. The zero-order chi connectivity index (χ0) is 36.2. The van der Waals surface area contributed by atoms with Gasteiger partial charge in [-0.3, -0.25) is 19.4 Å². The maximum Gasteiger partial charge on any atom is 0.407 e. The maximum atomic E-state index is 13.2. The van der Waals surface area contributed by atoms with Crippen molar-refractivity contribution in [3.05, 3.63) is 102 Å². The Labute approximate surface area is 298 Å². The Balaban J connectivity index is 1.05. The summed E-state index contributed by atoms with van der Waals surface area (Å²) in [5.41, 5.74) is 4.62. The molecule has 0 saturated heterocycles. The van der Waals surface area contributed by atoms with Gasteiger partial charge in [-0.05, 0) is 74.1 Å². The van der Waals surface area contributed by atoms with Crippen LogP contribution in [0.1, 0.15) is 74.0 Å². The quantitative estimate of drug-likeness (QED) is 0.121. The number of unbranched alkanes of at least 4 members (excludes halogenated alkanes) is 2. The van der Waals surface area contributed by atoms with Crippen LogP contribution in [0.25, 0.3) is 22.6 Å². The summed E-state index contributed by atoms with van der Waals surface area (Å²) >= 11 is 0. The lowest BCUT2D eigenvalue weighted by molar-refractivity contribution is -0.158. The molecule has 51 heavy (non-hydrogen) atoms. The summed E-state index contributed by atoms with van der Waals surface area (Å²) in [6, 6.07) is 23.1. The zero-order valence-electron chi connectivity index (χ0n) is 29.3. The van der Waals surface area contributed by atoms with E-state index in [1.165, 1.54) is 11.1 Å². The molecule has 0 aliphatic heterocycles. The van der Waals surface area contributed by atoms with Crippen LogP contribution in [0.15, 0.2) is 85.2 Å². The molecule has 1 aliphatic rings. The number of carbonyl (C=O) groups excluding carboxylic acids is 4. The van der Waals surface area contributed by atoms with Crippen LogP contribution in [-0.4, -0.2) is 82.1 Å². The van der Waals surface area contributed by atoms with Crippen molar-refractivity contribution in [3.63, 3.8) is 0 Å². The summed E-state index contributed by atoms with van der Waals surface area (Å²) in [6.45, 7) is 5.84. The zero-order valence-corrected chi connectivity index (χ0v) is 29.3. The maximum absolute atomic E-state index is 13.2. The fourth-order valence-electron chi connectivity index (χ4n) is 5.90. The number of fused-ring (bicyclic) bond motifs is 3. The number of ether oxygens (including phenoxy) is 2. The van der Waals surface area contributed by atoms with Crippen molar-refractivity contribution in [2.45, 2.75) is 58.0 Å².